The summed E-state index contributed by atoms with van der Waals surface area (Å²) in [6.45, 7) is 1.96. The van der Waals surface area contributed by atoms with Gasteiger partial charge in [-0.05, 0) is 36.6 Å². The first-order valence-corrected chi connectivity index (χ1v) is 10.4. The zero-order valence-electron chi connectivity index (χ0n) is 17.0. The van der Waals surface area contributed by atoms with Crippen LogP contribution in [0.5, 0.6) is 0 Å². The molecule has 3 aliphatic rings. The van der Waals surface area contributed by atoms with Crippen molar-refractivity contribution in [1.82, 2.24) is 0 Å². The summed E-state index contributed by atoms with van der Waals surface area (Å²) in [5, 5.41) is 0. The lowest BCUT2D eigenvalue weighted by Crippen LogP contribution is -2.54. The van der Waals surface area contributed by atoms with Crippen molar-refractivity contribution in [2.24, 2.45) is 17.8 Å². The van der Waals surface area contributed by atoms with Crippen molar-refractivity contribution < 1.29 is 19.1 Å². The summed E-state index contributed by atoms with van der Waals surface area (Å²) in [5.41, 5.74) is 2.11. The molecule has 0 saturated heterocycles. The fourth-order valence-corrected chi connectivity index (χ4v) is 5.86. The van der Waals surface area contributed by atoms with Crippen molar-refractivity contribution in [3.63, 3.8) is 0 Å². The Kier molecular flexibility index (Phi) is 4.17. The molecule has 0 unspecified atom stereocenters. The third-order valence-electron chi connectivity index (χ3n) is 6.96. The van der Waals surface area contributed by atoms with Crippen LogP contribution >= 0.6 is 0 Å². The lowest BCUT2D eigenvalue weighted by Gasteiger charge is -2.39. The van der Waals surface area contributed by atoms with Crippen LogP contribution in [-0.2, 0) is 24.5 Å². The van der Waals surface area contributed by atoms with Gasteiger partial charge in [-0.2, -0.15) is 0 Å². The first-order chi connectivity index (χ1) is 14.5. The number of rotatable bonds is 3. The van der Waals surface area contributed by atoms with Gasteiger partial charge in [0, 0.05) is 30.1 Å². The van der Waals surface area contributed by atoms with Crippen LogP contribution in [0.1, 0.15) is 24.5 Å². The van der Waals surface area contributed by atoms with E-state index in [2.05, 4.69) is 0 Å². The van der Waals surface area contributed by atoms with E-state index in [9.17, 15) is 14.4 Å². The number of carbonyl (C=O) groups is 3. The highest BCUT2D eigenvalue weighted by atomic mass is 16.5. The minimum Gasteiger partial charge on any atom is -0.466 e. The molecule has 2 aromatic rings. The van der Waals surface area contributed by atoms with Gasteiger partial charge in [-0.1, -0.05) is 48.5 Å². The number of ether oxygens (including phenoxy) is 1. The predicted octanol–water partition coefficient (Wildman–Crippen LogP) is 3.38. The Bertz CT molecular complexity index is 1090. The summed E-state index contributed by atoms with van der Waals surface area (Å²) in [6, 6.07) is 17.3. The summed E-state index contributed by atoms with van der Waals surface area (Å²) in [6.07, 6.45) is 2.39. The van der Waals surface area contributed by atoms with Gasteiger partial charge in [-0.25, -0.2) is 0 Å². The predicted molar refractivity (Wildman–Crippen MR) is 113 cm³/mol. The maximum Gasteiger partial charge on any atom is 0.311 e. The number of nitrogens with zero attached hydrogens (tertiary/aromatic N) is 1. The number of esters is 1. The van der Waals surface area contributed by atoms with E-state index in [1.807, 2.05) is 60.7 Å². The van der Waals surface area contributed by atoms with E-state index in [0.29, 0.717) is 12.0 Å². The second-order valence-electron chi connectivity index (χ2n) is 8.25. The molecular formula is C25H23NO4. The van der Waals surface area contributed by atoms with E-state index in [1.165, 1.54) is 0 Å². The third-order valence-corrected chi connectivity index (χ3v) is 6.96. The van der Waals surface area contributed by atoms with Crippen molar-refractivity contribution in [2.75, 3.05) is 18.6 Å². The molecule has 152 valence electrons. The SMILES string of the molecule is CCOC(=O)[C@@H]1[C@@H]2C[C@@H](/C(=C\c3ccccc3)C2=O)[C@@]12C(=O)N(C)c1ccccc12. The maximum absolute atomic E-state index is 13.8. The average Bonchev–Trinajstić information content (AvgIpc) is 3.34. The Morgan fingerprint density at radius 3 is 2.57 bits per heavy atom. The number of para-hydroxylation sites is 1. The van der Waals surface area contributed by atoms with Crippen molar-refractivity contribution in [1.29, 1.82) is 0 Å². The smallest absolute Gasteiger partial charge is 0.311 e. The molecule has 5 heteroatoms. The van der Waals surface area contributed by atoms with E-state index in [-0.39, 0.29) is 24.2 Å². The Balaban J connectivity index is 1.73. The van der Waals surface area contributed by atoms with Crippen LogP contribution in [0.2, 0.25) is 0 Å². The maximum atomic E-state index is 13.8. The van der Waals surface area contributed by atoms with Crippen LogP contribution in [0.3, 0.4) is 0 Å². The summed E-state index contributed by atoms with van der Waals surface area (Å²) >= 11 is 0. The van der Waals surface area contributed by atoms with Gasteiger partial charge >= 0.3 is 5.97 Å². The number of fused-ring (bicyclic) bond motifs is 5. The van der Waals surface area contributed by atoms with Crippen molar-refractivity contribution in [3.8, 4) is 0 Å². The summed E-state index contributed by atoms with van der Waals surface area (Å²) in [5.74, 6) is -2.28. The molecule has 2 aliphatic carbocycles. The van der Waals surface area contributed by atoms with Crippen molar-refractivity contribution >= 4 is 29.4 Å². The minimum absolute atomic E-state index is 0.0348. The minimum atomic E-state index is -1.09. The molecule has 1 spiro atoms. The molecule has 1 amide bonds. The Morgan fingerprint density at radius 1 is 1.13 bits per heavy atom. The second kappa shape index (κ2) is 6.66. The number of allylic oxidation sites excluding steroid dienone is 1. The monoisotopic (exact) mass is 401 g/mol. The zero-order chi connectivity index (χ0) is 21.0. The molecule has 0 N–H and O–H groups in total. The van der Waals surface area contributed by atoms with Crippen LogP contribution in [0.4, 0.5) is 5.69 Å². The molecule has 1 heterocycles. The van der Waals surface area contributed by atoms with Gasteiger partial charge in [-0.3, -0.25) is 14.4 Å². The second-order valence-corrected chi connectivity index (χ2v) is 8.25. The highest BCUT2D eigenvalue weighted by Gasteiger charge is 2.73. The standard InChI is InChI=1S/C25H23NO4/c1-3-30-23(28)21-17-14-19(16(22(17)27)13-15-9-5-4-6-10-15)25(21)18-11-7-8-12-20(18)26(2)24(25)29/h4-13,17,19,21H,3,14H2,1-2H3/b16-13+/t17-,19-,21-,25+/m0/s1. The van der Waals surface area contributed by atoms with E-state index >= 15 is 0 Å². The molecule has 0 aromatic heterocycles. The van der Waals surface area contributed by atoms with Crippen LogP contribution in [0, 0.1) is 17.8 Å². The van der Waals surface area contributed by atoms with Gasteiger partial charge < -0.3 is 9.64 Å². The van der Waals surface area contributed by atoms with E-state index in [4.69, 9.17) is 4.74 Å². The topological polar surface area (TPSA) is 63.7 Å². The van der Waals surface area contributed by atoms with Crippen LogP contribution in [0.15, 0.2) is 60.2 Å². The fraction of sp³-hybridized carbons (Fsp3) is 0.320. The number of likely N-dealkylation sites (N-methyl/N-ethyl adjacent to an activating group) is 1. The normalized spacial score (nSPS) is 30.4. The number of ketones is 1. The number of amides is 1. The number of hydrogen-bond donors (Lipinski definition) is 0. The van der Waals surface area contributed by atoms with Gasteiger partial charge in [0.1, 0.15) is 0 Å². The average molecular weight is 401 g/mol. The molecule has 30 heavy (non-hydrogen) atoms. The molecule has 5 nitrogen and oxygen atoms in total. The van der Waals surface area contributed by atoms with Crippen molar-refractivity contribution in [2.45, 2.75) is 18.8 Å². The summed E-state index contributed by atoms with van der Waals surface area (Å²) in [4.78, 5) is 41.8. The Hall–Kier alpha value is -3.21. The highest BCUT2D eigenvalue weighted by molar-refractivity contribution is 6.17. The summed E-state index contributed by atoms with van der Waals surface area (Å²) in [7, 11) is 1.74. The Morgan fingerprint density at radius 2 is 1.83 bits per heavy atom. The fourth-order valence-electron chi connectivity index (χ4n) is 5.86. The van der Waals surface area contributed by atoms with Crippen LogP contribution in [-0.4, -0.2) is 31.3 Å². The van der Waals surface area contributed by atoms with Crippen molar-refractivity contribution in [3.05, 3.63) is 71.3 Å². The molecule has 2 aromatic carbocycles. The van der Waals surface area contributed by atoms with Gasteiger partial charge in [0.05, 0.1) is 17.9 Å². The molecule has 2 bridgehead atoms. The van der Waals surface area contributed by atoms with Gasteiger partial charge in [0.25, 0.3) is 0 Å². The lowest BCUT2D eigenvalue weighted by molar-refractivity contribution is -0.156. The Labute approximate surface area is 175 Å². The first-order valence-electron chi connectivity index (χ1n) is 10.4. The quantitative estimate of drug-likeness (QED) is 0.584. The highest BCUT2D eigenvalue weighted by Crippen LogP contribution is 2.65. The largest absolute Gasteiger partial charge is 0.466 e. The number of carbonyl (C=O) groups excluding carboxylic acids is 3. The third kappa shape index (κ3) is 2.26. The molecule has 5 rings (SSSR count). The van der Waals surface area contributed by atoms with E-state index in [0.717, 1.165) is 16.8 Å². The van der Waals surface area contributed by atoms with Gasteiger partial charge in [0.2, 0.25) is 5.91 Å². The number of Topliss-reactive ketones (excluding diaryl/α,β-unsaturated/α-hetero) is 1. The zero-order valence-corrected chi connectivity index (χ0v) is 17.0. The van der Waals surface area contributed by atoms with E-state index in [1.54, 1.807) is 18.9 Å². The van der Waals surface area contributed by atoms with Gasteiger partial charge in [0.15, 0.2) is 5.78 Å². The number of anilines is 1. The first kappa shape index (κ1) is 18.8. The molecule has 4 atom stereocenters. The number of benzene rings is 2. The molecule has 0 radical (unpaired) electrons. The lowest BCUT2D eigenvalue weighted by atomic mass is 9.60. The van der Waals surface area contributed by atoms with Crippen LogP contribution < -0.4 is 4.90 Å². The summed E-state index contributed by atoms with van der Waals surface area (Å²) < 4.78 is 5.38. The molecule has 2 saturated carbocycles. The molecule has 1 aliphatic heterocycles. The van der Waals surface area contributed by atoms with Crippen LogP contribution in [0.25, 0.3) is 6.08 Å². The number of hydrogen-bond acceptors (Lipinski definition) is 4. The van der Waals surface area contributed by atoms with Gasteiger partial charge in [-0.15, -0.1) is 0 Å². The van der Waals surface area contributed by atoms with E-state index < -0.39 is 23.2 Å². The molecular weight excluding hydrogens is 378 g/mol. The molecule has 2 fully saturated rings.